The maximum Gasteiger partial charge on any atom is 0.264 e. The average molecular weight is 507 g/mol. The second-order valence-corrected chi connectivity index (χ2v) is 10.8. The highest BCUT2D eigenvalue weighted by Gasteiger charge is 2.37. The molecule has 1 heterocycles. The highest BCUT2D eigenvalue weighted by Crippen LogP contribution is 2.38. The number of benzene rings is 4. The van der Waals surface area contributed by atoms with Gasteiger partial charge in [0.15, 0.2) is 5.78 Å². The Balaban J connectivity index is 1.74. The van der Waals surface area contributed by atoms with Crippen molar-refractivity contribution in [1.82, 2.24) is 4.31 Å². The van der Waals surface area contributed by atoms with Gasteiger partial charge in [0.25, 0.3) is 10.0 Å². The zero-order valence-corrected chi connectivity index (χ0v) is 21.4. The van der Waals surface area contributed by atoms with Crippen LogP contribution >= 0.6 is 0 Å². The Morgan fingerprint density at radius 3 is 1.95 bits per heavy atom. The molecule has 37 heavy (non-hydrogen) atoms. The van der Waals surface area contributed by atoms with Crippen LogP contribution in [0.4, 0.5) is 0 Å². The van der Waals surface area contributed by atoms with Crippen molar-refractivity contribution < 1.29 is 13.2 Å². The van der Waals surface area contributed by atoms with Gasteiger partial charge in [0.2, 0.25) is 0 Å². The standard InChI is InChI=1S/C31H26N2O3S/c1-22-13-19-28(20-14-22)37(35,36)33-21-29(25-17-15-24(16-18-25)23(2)34)32-30(26-9-5-3-6-10-26)31(33)27-11-7-4-8-12-27/h3-21,31H,1-2H3. The Bertz CT molecular complexity index is 1590. The number of sulfonamides is 1. The zero-order chi connectivity index (χ0) is 26.0. The predicted molar refractivity (Wildman–Crippen MR) is 147 cm³/mol. The molecule has 4 aromatic rings. The molecule has 1 unspecified atom stereocenters. The van der Waals surface area contributed by atoms with E-state index < -0.39 is 16.1 Å². The fourth-order valence-electron chi connectivity index (χ4n) is 4.36. The third kappa shape index (κ3) is 4.88. The number of rotatable bonds is 6. The summed E-state index contributed by atoms with van der Waals surface area (Å²) in [7, 11) is -3.96. The van der Waals surface area contributed by atoms with Crippen molar-refractivity contribution in [2.45, 2.75) is 24.8 Å². The monoisotopic (exact) mass is 506 g/mol. The highest BCUT2D eigenvalue weighted by molar-refractivity contribution is 7.89. The Hall–Kier alpha value is -4.29. The summed E-state index contributed by atoms with van der Waals surface area (Å²) in [6.07, 6.45) is 1.60. The molecule has 0 saturated carbocycles. The summed E-state index contributed by atoms with van der Waals surface area (Å²) in [5.41, 5.74) is 5.03. The molecule has 1 aliphatic rings. The summed E-state index contributed by atoms with van der Waals surface area (Å²) in [6, 6.07) is 32.4. The zero-order valence-electron chi connectivity index (χ0n) is 20.6. The van der Waals surface area contributed by atoms with Gasteiger partial charge in [0.1, 0.15) is 6.04 Å². The van der Waals surface area contributed by atoms with Gasteiger partial charge in [0.05, 0.1) is 16.3 Å². The topological polar surface area (TPSA) is 66.8 Å². The van der Waals surface area contributed by atoms with Gasteiger partial charge in [-0.15, -0.1) is 0 Å². The molecule has 0 aromatic heterocycles. The van der Waals surface area contributed by atoms with Crippen LogP contribution < -0.4 is 0 Å². The molecule has 5 rings (SSSR count). The number of aliphatic imine (C=N–C) groups is 1. The minimum atomic E-state index is -3.96. The molecule has 184 valence electrons. The lowest BCUT2D eigenvalue weighted by Crippen LogP contribution is -2.38. The molecular weight excluding hydrogens is 480 g/mol. The maximum atomic E-state index is 14.2. The maximum absolute atomic E-state index is 14.2. The van der Waals surface area contributed by atoms with Crippen molar-refractivity contribution in [2.24, 2.45) is 4.99 Å². The van der Waals surface area contributed by atoms with Crippen molar-refractivity contribution in [2.75, 3.05) is 0 Å². The van der Waals surface area contributed by atoms with Gasteiger partial charge in [-0.3, -0.25) is 9.10 Å². The van der Waals surface area contributed by atoms with Crippen molar-refractivity contribution in [3.63, 3.8) is 0 Å². The summed E-state index contributed by atoms with van der Waals surface area (Å²) >= 11 is 0. The van der Waals surface area contributed by atoms with E-state index in [-0.39, 0.29) is 10.7 Å². The molecule has 5 nitrogen and oxygen atoms in total. The fourth-order valence-corrected chi connectivity index (χ4v) is 5.82. The van der Waals surface area contributed by atoms with E-state index in [2.05, 4.69) is 0 Å². The van der Waals surface area contributed by atoms with Gasteiger partial charge in [-0.05, 0) is 37.1 Å². The van der Waals surface area contributed by atoms with E-state index in [1.807, 2.05) is 67.6 Å². The molecule has 0 radical (unpaired) electrons. The highest BCUT2D eigenvalue weighted by atomic mass is 32.2. The quantitative estimate of drug-likeness (QED) is 0.283. The lowest BCUT2D eigenvalue weighted by molar-refractivity contribution is 0.101. The van der Waals surface area contributed by atoms with E-state index in [1.54, 1.807) is 54.7 Å². The first-order chi connectivity index (χ1) is 17.8. The van der Waals surface area contributed by atoms with E-state index in [1.165, 1.54) is 11.2 Å². The minimum absolute atomic E-state index is 0.0367. The Morgan fingerprint density at radius 1 is 0.757 bits per heavy atom. The second-order valence-electron chi connectivity index (χ2n) is 8.97. The molecule has 0 bridgehead atoms. The Morgan fingerprint density at radius 2 is 1.35 bits per heavy atom. The number of hydrogen-bond donors (Lipinski definition) is 0. The van der Waals surface area contributed by atoms with Crippen molar-refractivity contribution >= 4 is 27.2 Å². The molecule has 0 N–H and O–H groups in total. The number of ketones is 1. The molecule has 0 amide bonds. The minimum Gasteiger partial charge on any atom is -0.295 e. The predicted octanol–water partition coefficient (Wildman–Crippen LogP) is 6.43. The number of Topliss-reactive ketones (excluding diaryl/α,β-unsaturated/α-hetero) is 1. The van der Waals surface area contributed by atoms with E-state index in [0.29, 0.717) is 22.5 Å². The van der Waals surface area contributed by atoms with Crippen LogP contribution in [0.3, 0.4) is 0 Å². The van der Waals surface area contributed by atoms with E-state index >= 15 is 0 Å². The van der Waals surface area contributed by atoms with Crippen molar-refractivity contribution in [3.05, 3.63) is 143 Å². The lowest BCUT2D eigenvalue weighted by atomic mass is 9.94. The van der Waals surface area contributed by atoms with E-state index in [4.69, 9.17) is 4.99 Å². The molecule has 1 atom stereocenters. The molecule has 6 heteroatoms. The third-order valence-electron chi connectivity index (χ3n) is 6.37. The number of nitrogens with zero attached hydrogens (tertiary/aromatic N) is 2. The van der Waals surface area contributed by atoms with Crippen molar-refractivity contribution in [1.29, 1.82) is 0 Å². The molecule has 0 spiro atoms. The molecule has 0 aliphatic carbocycles. The van der Waals surface area contributed by atoms with Crippen LogP contribution in [-0.2, 0) is 10.0 Å². The number of carbonyl (C=O) groups excluding carboxylic acids is 1. The molecule has 0 saturated heterocycles. The van der Waals surface area contributed by atoms with Crippen LogP contribution in [-0.4, -0.2) is 24.2 Å². The van der Waals surface area contributed by atoms with Gasteiger partial charge < -0.3 is 0 Å². The Labute approximate surface area is 217 Å². The van der Waals surface area contributed by atoms with Gasteiger partial charge in [0, 0.05) is 17.3 Å². The normalized spacial score (nSPS) is 15.6. The Kier molecular flexibility index (Phi) is 6.59. The van der Waals surface area contributed by atoms with Crippen LogP contribution in [0.2, 0.25) is 0 Å². The van der Waals surface area contributed by atoms with Crippen LogP contribution in [0.1, 0.15) is 45.6 Å². The van der Waals surface area contributed by atoms with Crippen LogP contribution in [0.25, 0.3) is 5.70 Å². The average Bonchev–Trinajstić information content (AvgIpc) is 2.93. The third-order valence-corrected chi connectivity index (χ3v) is 8.11. The first-order valence-corrected chi connectivity index (χ1v) is 13.4. The SMILES string of the molecule is CC(=O)c1ccc(C2=CN(S(=O)(=O)c3ccc(C)cc3)C(c3ccccc3)C(c3ccccc3)=N2)cc1. The van der Waals surface area contributed by atoms with Gasteiger partial charge in [-0.1, -0.05) is 103 Å². The summed E-state index contributed by atoms with van der Waals surface area (Å²) < 4.78 is 29.7. The summed E-state index contributed by atoms with van der Waals surface area (Å²) in [5, 5.41) is 0. The van der Waals surface area contributed by atoms with Crippen molar-refractivity contribution in [3.8, 4) is 0 Å². The van der Waals surface area contributed by atoms with E-state index in [9.17, 15) is 13.2 Å². The summed E-state index contributed by atoms with van der Waals surface area (Å²) in [4.78, 5) is 17.0. The van der Waals surface area contributed by atoms with Gasteiger partial charge >= 0.3 is 0 Å². The summed E-state index contributed by atoms with van der Waals surface area (Å²) in [5.74, 6) is -0.0367. The van der Waals surface area contributed by atoms with Crippen LogP contribution in [0.15, 0.2) is 125 Å². The number of hydrogen-bond acceptors (Lipinski definition) is 4. The first kappa shape index (κ1) is 24.4. The molecule has 1 aliphatic heterocycles. The lowest BCUT2D eigenvalue weighted by Gasteiger charge is -2.35. The molecule has 0 fully saturated rings. The molecular formula is C31H26N2O3S. The number of carbonyl (C=O) groups is 1. The van der Waals surface area contributed by atoms with Gasteiger partial charge in [-0.25, -0.2) is 13.4 Å². The molecule has 4 aromatic carbocycles. The first-order valence-electron chi connectivity index (χ1n) is 12.0. The number of aryl methyl sites for hydroxylation is 1. The van der Waals surface area contributed by atoms with Crippen LogP contribution in [0.5, 0.6) is 0 Å². The largest absolute Gasteiger partial charge is 0.295 e. The fraction of sp³-hybridized carbons (Fsp3) is 0.0968. The van der Waals surface area contributed by atoms with Crippen LogP contribution in [0, 0.1) is 6.92 Å². The smallest absolute Gasteiger partial charge is 0.264 e. The second kappa shape index (κ2) is 9.99. The van der Waals surface area contributed by atoms with E-state index in [0.717, 1.165) is 16.7 Å². The summed E-state index contributed by atoms with van der Waals surface area (Å²) in [6.45, 7) is 3.44. The van der Waals surface area contributed by atoms with Gasteiger partial charge in [-0.2, -0.15) is 0 Å².